The second-order valence-electron chi connectivity index (χ2n) is 5.44. The molecule has 22 heavy (non-hydrogen) atoms. The SMILES string of the molecule is C[S+](C)c1ccccc1-c1nccc2oc3ccccc3c12. The second-order valence-corrected chi connectivity index (χ2v) is 7.52. The van der Waals surface area contributed by atoms with Gasteiger partial charge in [0.25, 0.3) is 0 Å². The summed E-state index contributed by atoms with van der Waals surface area (Å²) in [5.41, 5.74) is 4.02. The Kier molecular flexibility index (Phi) is 3.16. The van der Waals surface area contributed by atoms with E-state index in [9.17, 15) is 0 Å². The quantitative estimate of drug-likeness (QED) is 0.493. The third-order valence-electron chi connectivity index (χ3n) is 3.87. The maximum atomic E-state index is 5.98. The number of hydrogen-bond donors (Lipinski definition) is 0. The average molecular weight is 306 g/mol. The molecule has 0 N–H and O–H groups in total. The fourth-order valence-corrected chi connectivity index (χ4v) is 3.85. The van der Waals surface area contributed by atoms with Crippen LogP contribution < -0.4 is 0 Å². The second kappa shape index (κ2) is 5.18. The monoisotopic (exact) mass is 306 g/mol. The lowest BCUT2D eigenvalue weighted by Gasteiger charge is -2.06. The summed E-state index contributed by atoms with van der Waals surface area (Å²) < 4.78 is 5.98. The topological polar surface area (TPSA) is 26.0 Å². The molecule has 0 radical (unpaired) electrons. The van der Waals surface area contributed by atoms with E-state index in [4.69, 9.17) is 4.42 Å². The molecule has 0 unspecified atom stereocenters. The molecule has 0 spiro atoms. The van der Waals surface area contributed by atoms with Crippen molar-refractivity contribution in [2.45, 2.75) is 4.90 Å². The summed E-state index contributed by atoms with van der Waals surface area (Å²) in [4.78, 5) is 6.03. The van der Waals surface area contributed by atoms with Crippen molar-refractivity contribution in [2.24, 2.45) is 0 Å². The lowest BCUT2D eigenvalue weighted by atomic mass is 10.1. The highest BCUT2D eigenvalue weighted by Gasteiger charge is 2.20. The summed E-state index contributed by atoms with van der Waals surface area (Å²) in [7, 11) is 0.174. The summed E-state index contributed by atoms with van der Waals surface area (Å²) >= 11 is 0. The van der Waals surface area contributed by atoms with Gasteiger partial charge >= 0.3 is 0 Å². The molecule has 3 heteroatoms. The van der Waals surface area contributed by atoms with Gasteiger partial charge in [0.2, 0.25) is 0 Å². The highest BCUT2D eigenvalue weighted by molar-refractivity contribution is 7.95. The molecule has 4 rings (SSSR count). The van der Waals surface area contributed by atoms with E-state index in [0.29, 0.717) is 0 Å². The Hall–Kier alpha value is -2.26. The van der Waals surface area contributed by atoms with Crippen molar-refractivity contribution in [3.8, 4) is 11.3 Å². The first-order valence-corrected chi connectivity index (χ1v) is 9.23. The first-order chi connectivity index (χ1) is 10.8. The largest absolute Gasteiger partial charge is 0.456 e. The van der Waals surface area contributed by atoms with Crippen LogP contribution in [0.5, 0.6) is 0 Å². The first kappa shape index (κ1) is 13.4. The van der Waals surface area contributed by atoms with Crippen molar-refractivity contribution in [1.29, 1.82) is 0 Å². The highest BCUT2D eigenvalue weighted by Crippen LogP contribution is 2.37. The van der Waals surface area contributed by atoms with Gasteiger partial charge in [0.1, 0.15) is 23.7 Å². The summed E-state index contributed by atoms with van der Waals surface area (Å²) in [5.74, 6) is 0. The third-order valence-corrected chi connectivity index (χ3v) is 5.11. The zero-order valence-corrected chi connectivity index (χ0v) is 13.4. The van der Waals surface area contributed by atoms with Crippen LogP contribution in [0.15, 0.2) is 70.1 Å². The van der Waals surface area contributed by atoms with Crippen molar-refractivity contribution in [2.75, 3.05) is 12.5 Å². The molecule has 0 fully saturated rings. The van der Waals surface area contributed by atoms with Crippen LogP contribution in [0.2, 0.25) is 0 Å². The molecule has 0 saturated heterocycles. The molecule has 2 nitrogen and oxygen atoms in total. The van der Waals surface area contributed by atoms with E-state index in [1.807, 2.05) is 30.5 Å². The van der Waals surface area contributed by atoms with Gasteiger partial charge in [0, 0.05) is 22.5 Å². The molecule has 0 atom stereocenters. The van der Waals surface area contributed by atoms with E-state index >= 15 is 0 Å². The number of furan rings is 1. The van der Waals surface area contributed by atoms with Gasteiger partial charge in [-0.2, -0.15) is 0 Å². The van der Waals surface area contributed by atoms with Gasteiger partial charge in [0.05, 0.1) is 16.6 Å². The lowest BCUT2D eigenvalue weighted by Crippen LogP contribution is -1.99. The van der Waals surface area contributed by atoms with E-state index in [1.54, 1.807) is 0 Å². The number of pyridine rings is 1. The van der Waals surface area contributed by atoms with Gasteiger partial charge in [-0.25, -0.2) is 0 Å². The van der Waals surface area contributed by atoms with Gasteiger partial charge in [0.15, 0.2) is 4.90 Å². The van der Waals surface area contributed by atoms with E-state index in [1.165, 1.54) is 10.5 Å². The Labute approximate surface area is 132 Å². The van der Waals surface area contributed by atoms with Crippen molar-refractivity contribution < 1.29 is 4.42 Å². The van der Waals surface area contributed by atoms with E-state index in [-0.39, 0.29) is 10.9 Å². The number of aromatic nitrogens is 1. The molecule has 0 aliphatic carbocycles. The highest BCUT2D eigenvalue weighted by atomic mass is 32.2. The Bertz CT molecular complexity index is 971. The molecule has 2 aromatic carbocycles. The molecule has 0 aliphatic heterocycles. The molecular weight excluding hydrogens is 290 g/mol. The van der Waals surface area contributed by atoms with Crippen LogP contribution >= 0.6 is 0 Å². The van der Waals surface area contributed by atoms with Crippen LogP contribution in [-0.4, -0.2) is 17.5 Å². The minimum absolute atomic E-state index is 0.174. The maximum Gasteiger partial charge on any atom is 0.163 e. The van der Waals surface area contributed by atoms with E-state index in [0.717, 1.165) is 27.6 Å². The van der Waals surface area contributed by atoms with E-state index < -0.39 is 0 Å². The average Bonchev–Trinajstić information content (AvgIpc) is 2.93. The normalized spacial score (nSPS) is 11.6. The molecule has 0 amide bonds. The van der Waals surface area contributed by atoms with Crippen molar-refractivity contribution in [3.05, 3.63) is 60.8 Å². The molecule has 4 aromatic rings. The van der Waals surface area contributed by atoms with Gasteiger partial charge < -0.3 is 4.42 Å². The van der Waals surface area contributed by atoms with Gasteiger partial charge in [-0.15, -0.1) is 0 Å². The fraction of sp³-hybridized carbons (Fsp3) is 0.105. The molecule has 0 bridgehead atoms. The maximum absolute atomic E-state index is 5.98. The lowest BCUT2D eigenvalue weighted by molar-refractivity contribution is 0.668. The number of benzene rings is 2. The fourth-order valence-electron chi connectivity index (χ4n) is 2.89. The van der Waals surface area contributed by atoms with Crippen molar-refractivity contribution in [1.82, 2.24) is 4.98 Å². The summed E-state index contributed by atoms with van der Waals surface area (Å²) in [5, 5.41) is 2.23. The smallest absolute Gasteiger partial charge is 0.163 e. The van der Waals surface area contributed by atoms with Crippen LogP contribution in [-0.2, 0) is 10.9 Å². The molecule has 0 saturated carbocycles. The Morgan fingerprint density at radius 2 is 1.64 bits per heavy atom. The van der Waals surface area contributed by atoms with Gasteiger partial charge in [-0.3, -0.25) is 4.98 Å². The number of fused-ring (bicyclic) bond motifs is 3. The molecule has 0 aliphatic rings. The van der Waals surface area contributed by atoms with Crippen LogP contribution in [0.4, 0.5) is 0 Å². The predicted octanol–water partition coefficient (Wildman–Crippen LogP) is 4.88. The summed E-state index contributed by atoms with van der Waals surface area (Å²) in [6.45, 7) is 0. The number of para-hydroxylation sites is 1. The Morgan fingerprint density at radius 3 is 2.50 bits per heavy atom. The van der Waals surface area contributed by atoms with Crippen LogP contribution in [0.3, 0.4) is 0 Å². The standard InChI is InChI=1S/C19H16NOS/c1-22(2)17-10-6-4-8-14(17)19-18-13-7-3-5-9-15(13)21-16(18)11-12-20-19/h3-12H,1-2H3/q+1. The van der Waals surface area contributed by atoms with Crippen LogP contribution in [0.25, 0.3) is 33.2 Å². The molecule has 2 heterocycles. The van der Waals surface area contributed by atoms with Gasteiger partial charge in [-0.05, 0) is 24.3 Å². The minimum atomic E-state index is 0.174. The molecular formula is C19H16NOS+. The Morgan fingerprint density at radius 1 is 0.864 bits per heavy atom. The van der Waals surface area contributed by atoms with E-state index in [2.05, 4.69) is 47.8 Å². The van der Waals surface area contributed by atoms with Crippen molar-refractivity contribution >= 4 is 32.8 Å². The zero-order valence-electron chi connectivity index (χ0n) is 12.5. The summed E-state index contributed by atoms with van der Waals surface area (Å²) in [6, 6.07) is 18.6. The van der Waals surface area contributed by atoms with Crippen LogP contribution in [0.1, 0.15) is 0 Å². The minimum Gasteiger partial charge on any atom is -0.456 e. The number of rotatable bonds is 2. The molecule has 2 aromatic heterocycles. The van der Waals surface area contributed by atoms with Gasteiger partial charge in [-0.1, -0.05) is 30.3 Å². The third kappa shape index (κ3) is 2.01. The van der Waals surface area contributed by atoms with Crippen LogP contribution in [0, 0.1) is 0 Å². The predicted molar refractivity (Wildman–Crippen MR) is 94.4 cm³/mol. The number of hydrogen-bond acceptors (Lipinski definition) is 2. The number of nitrogens with zero attached hydrogens (tertiary/aromatic N) is 1. The first-order valence-electron chi connectivity index (χ1n) is 7.19. The van der Waals surface area contributed by atoms with Crippen molar-refractivity contribution in [3.63, 3.8) is 0 Å². The summed E-state index contributed by atoms with van der Waals surface area (Å²) in [6.07, 6.45) is 6.32. The Balaban J connectivity index is 2.12. The zero-order chi connectivity index (χ0) is 15.1. The molecule has 108 valence electrons.